The zero-order valence-corrected chi connectivity index (χ0v) is 14.9. The predicted octanol–water partition coefficient (Wildman–Crippen LogP) is 2.78. The Labute approximate surface area is 150 Å². The SMILES string of the molecule is N#C[C@]12CCCC[C@@H]1C[C@H]1CCCC[C@@]1(C#N)[NH+]2Cc1cccnc1. The van der Waals surface area contributed by atoms with Gasteiger partial charge in [0.05, 0.1) is 0 Å². The van der Waals surface area contributed by atoms with Gasteiger partial charge in [-0.15, -0.1) is 0 Å². The third kappa shape index (κ3) is 2.47. The summed E-state index contributed by atoms with van der Waals surface area (Å²) in [5, 5.41) is 20.7. The number of rotatable bonds is 2. The molecule has 5 atom stereocenters. The van der Waals surface area contributed by atoms with Crippen LogP contribution >= 0.6 is 0 Å². The van der Waals surface area contributed by atoms with Gasteiger partial charge in [-0.2, -0.15) is 10.5 Å². The highest BCUT2D eigenvalue weighted by atomic mass is 15.3. The van der Waals surface area contributed by atoms with Crippen molar-refractivity contribution in [3.8, 4) is 12.1 Å². The number of hydrogen-bond donors (Lipinski definition) is 1. The molecule has 3 aliphatic rings. The molecule has 0 amide bonds. The number of likely N-dealkylation sites (tertiary alicyclic amines) is 1. The molecule has 2 aliphatic carbocycles. The average Bonchev–Trinajstić information content (AvgIpc) is 2.68. The molecule has 4 rings (SSSR count). The smallest absolute Gasteiger partial charge is 0.189 e. The summed E-state index contributed by atoms with van der Waals surface area (Å²) in [5.41, 5.74) is 0.368. The zero-order valence-electron chi connectivity index (χ0n) is 14.9. The Hall–Kier alpha value is -1.91. The summed E-state index contributed by atoms with van der Waals surface area (Å²) >= 11 is 0. The van der Waals surface area contributed by atoms with Gasteiger partial charge in [0, 0.05) is 42.6 Å². The van der Waals surface area contributed by atoms with Crippen molar-refractivity contribution in [1.82, 2.24) is 4.98 Å². The van der Waals surface area contributed by atoms with Crippen LogP contribution in [0.25, 0.3) is 0 Å². The number of nitrogens with one attached hydrogen (secondary N) is 1. The molecule has 0 spiro atoms. The van der Waals surface area contributed by atoms with Crippen molar-refractivity contribution in [3.05, 3.63) is 30.1 Å². The molecule has 2 heterocycles. The molecular formula is C21H27N4+. The van der Waals surface area contributed by atoms with Crippen LogP contribution in [0.2, 0.25) is 0 Å². The number of piperidine rings is 1. The van der Waals surface area contributed by atoms with Crippen molar-refractivity contribution >= 4 is 0 Å². The zero-order chi connectivity index (χ0) is 17.3. The number of pyridine rings is 1. The number of hydrogen-bond acceptors (Lipinski definition) is 3. The lowest BCUT2D eigenvalue weighted by atomic mass is 9.57. The van der Waals surface area contributed by atoms with Crippen LogP contribution in [0.15, 0.2) is 24.5 Å². The van der Waals surface area contributed by atoms with Crippen molar-refractivity contribution in [3.63, 3.8) is 0 Å². The molecule has 0 bridgehead atoms. The van der Waals surface area contributed by atoms with E-state index in [0.29, 0.717) is 11.8 Å². The van der Waals surface area contributed by atoms with Gasteiger partial charge in [-0.1, -0.05) is 18.9 Å². The first-order chi connectivity index (χ1) is 12.2. The van der Waals surface area contributed by atoms with E-state index in [9.17, 15) is 10.5 Å². The third-order valence-electron chi connectivity index (χ3n) is 7.29. The molecule has 1 saturated heterocycles. The molecule has 2 saturated carbocycles. The molecule has 1 aromatic rings. The fourth-order valence-electron chi connectivity index (χ4n) is 6.12. The van der Waals surface area contributed by atoms with Crippen molar-refractivity contribution in [2.24, 2.45) is 11.8 Å². The number of nitrogens with zero attached hydrogens (tertiary/aromatic N) is 3. The van der Waals surface area contributed by atoms with Crippen molar-refractivity contribution in [1.29, 1.82) is 10.5 Å². The second kappa shape index (κ2) is 6.43. The maximum Gasteiger partial charge on any atom is 0.189 e. The molecule has 4 nitrogen and oxygen atoms in total. The Morgan fingerprint density at radius 1 is 1.04 bits per heavy atom. The number of fused-ring (bicyclic) bond motifs is 2. The molecule has 1 unspecified atom stereocenters. The number of quaternary nitrogens is 1. The molecule has 1 aromatic heterocycles. The molecule has 3 fully saturated rings. The molecule has 130 valence electrons. The summed E-state index contributed by atoms with van der Waals surface area (Å²) < 4.78 is 0. The van der Waals surface area contributed by atoms with Crippen LogP contribution in [0.1, 0.15) is 63.4 Å². The lowest BCUT2D eigenvalue weighted by Gasteiger charge is -2.58. The highest BCUT2D eigenvalue weighted by Crippen LogP contribution is 2.47. The predicted molar refractivity (Wildman–Crippen MR) is 94.1 cm³/mol. The van der Waals surface area contributed by atoms with Gasteiger partial charge in [0.2, 0.25) is 0 Å². The Morgan fingerprint density at radius 3 is 2.20 bits per heavy atom. The van der Waals surface area contributed by atoms with Crippen molar-refractivity contribution in [2.45, 2.75) is 75.4 Å². The van der Waals surface area contributed by atoms with E-state index >= 15 is 0 Å². The van der Waals surface area contributed by atoms with E-state index in [-0.39, 0.29) is 0 Å². The maximum atomic E-state index is 10.3. The largest absolute Gasteiger partial charge is 0.297 e. The Bertz CT molecular complexity index is 663. The van der Waals surface area contributed by atoms with E-state index < -0.39 is 11.1 Å². The molecular weight excluding hydrogens is 308 g/mol. The minimum Gasteiger partial charge on any atom is -0.297 e. The second-order valence-corrected chi connectivity index (χ2v) is 8.30. The fraction of sp³-hybridized carbons (Fsp3) is 0.667. The van der Waals surface area contributed by atoms with Crippen molar-refractivity contribution in [2.75, 3.05) is 0 Å². The topological polar surface area (TPSA) is 64.9 Å². The van der Waals surface area contributed by atoms with Gasteiger partial charge >= 0.3 is 0 Å². The van der Waals surface area contributed by atoms with Crippen LogP contribution in [0.3, 0.4) is 0 Å². The van der Waals surface area contributed by atoms with Crippen LogP contribution in [-0.2, 0) is 6.54 Å². The summed E-state index contributed by atoms with van der Waals surface area (Å²) in [6, 6.07) is 9.61. The van der Waals surface area contributed by atoms with E-state index in [1.165, 1.54) is 17.7 Å². The van der Waals surface area contributed by atoms with E-state index in [1.54, 1.807) is 6.20 Å². The minimum atomic E-state index is -0.391. The van der Waals surface area contributed by atoms with Crippen LogP contribution in [0.5, 0.6) is 0 Å². The molecule has 0 radical (unpaired) electrons. The van der Waals surface area contributed by atoms with Gasteiger partial charge in [-0.25, -0.2) is 0 Å². The molecule has 0 aromatic carbocycles. The quantitative estimate of drug-likeness (QED) is 0.904. The third-order valence-corrected chi connectivity index (χ3v) is 7.29. The maximum absolute atomic E-state index is 10.3. The van der Waals surface area contributed by atoms with Gasteiger partial charge in [0.1, 0.15) is 18.7 Å². The first kappa shape index (κ1) is 16.6. The van der Waals surface area contributed by atoms with E-state index in [4.69, 9.17) is 0 Å². The lowest BCUT2D eigenvalue weighted by Crippen LogP contribution is -3.28. The minimum absolute atomic E-state index is 0.391. The van der Waals surface area contributed by atoms with E-state index in [0.717, 1.165) is 57.1 Å². The Morgan fingerprint density at radius 2 is 1.68 bits per heavy atom. The highest BCUT2D eigenvalue weighted by molar-refractivity contribution is 5.19. The number of aromatic nitrogens is 1. The number of nitriles is 2. The first-order valence-electron chi connectivity index (χ1n) is 9.83. The summed E-state index contributed by atoms with van der Waals surface area (Å²) in [6.07, 6.45) is 13.7. The van der Waals surface area contributed by atoms with Crippen LogP contribution in [0.4, 0.5) is 0 Å². The Kier molecular flexibility index (Phi) is 4.26. The van der Waals surface area contributed by atoms with E-state index in [2.05, 4.69) is 23.2 Å². The normalized spacial score (nSPS) is 40.2. The summed E-state index contributed by atoms with van der Waals surface area (Å²) in [4.78, 5) is 5.52. The van der Waals surface area contributed by atoms with Crippen LogP contribution in [-0.4, -0.2) is 16.1 Å². The summed E-state index contributed by atoms with van der Waals surface area (Å²) in [6.45, 7) is 0.752. The molecule has 4 heteroatoms. The summed E-state index contributed by atoms with van der Waals surface area (Å²) in [7, 11) is 0. The molecule has 1 N–H and O–H groups in total. The van der Waals surface area contributed by atoms with Gasteiger partial charge in [-0.05, 0) is 38.2 Å². The standard InChI is InChI=1S/C21H26N4/c22-15-20-9-3-1-7-18(20)12-19-8-2-4-10-21(19,16-23)25(20)14-17-6-5-11-24-13-17/h5-6,11,13,18-19H,1-4,7-10,12,14H2/p+1/t18-,19-,20-,21+/m1/s1. The summed E-state index contributed by atoms with van der Waals surface area (Å²) in [5.74, 6) is 0.894. The van der Waals surface area contributed by atoms with Gasteiger partial charge in [-0.3, -0.25) is 9.88 Å². The second-order valence-electron chi connectivity index (χ2n) is 8.30. The van der Waals surface area contributed by atoms with Gasteiger partial charge in [0.15, 0.2) is 11.1 Å². The average molecular weight is 335 g/mol. The van der Waals surface area contributed by atoms with Gasteiger partial charge < -0.3 is 0 Å². The monoisotopic (exact) mass is 335 g/mol. The lowest BCUT2D eigenvalue weighted by molar-refractivity contribution is -1.01. The Balaban J connectivity index is 1.81. The van der Waals surface area contributed by atoms with Crippen LogP contribution < -0.4 is 4.90 Å². The van der Waals surface area contributed by atoms with Crippen LogP contribution in [0, 0.1) is 34.5 Å². The molecule has 1 aliphatic heterocycles. The van der Waals surface area contributed by atoms with Crippen molar-refractivity contribution < 1.29 is 4.90 Å². The van der Waals surface area contributed by atoms with Gasteiger partial charge in [0.25, 0.3) is 0 Å². The van der Waals surface area contributed by atoms with E-state index in [1.807, 2.05) is 12.3 Å². The fourth-order valence-corrected chi connectivity index (χ4v) is 6.12. The first-order valence-corrected chi connectivity index (χ1v) is 9.83. The highest BCUT2D eigenvalue weighted by Gasteiger charge is 2.65. The molecule has 25 heavy (non-hydrogen) atoms.